The molecule has 14 heavy (non-hydrogen) atoms. The summed E-state index contributed by atoms with van der Waals surface area (Å²) in [5.74, 6) is 0.804. The van der Waals surface area contributed by atoms with Crippen LogP contribution in [0, 0.1) is 11.8 Å². The smallest absolute Gasteiger partial charge is 0.221 e. The average molecular weight is 196 g/mol. The second kappa shape index (κ2) is 4.30. The van der Waals surface area contributed by atoms with Crippen LogP contribution in [0.4, 0.5) is 0 Å². The molecule has 1 heterocycles. The molecule has 1 saturated heterocycles. The number of primary amides is 1. The van der Waals surface area contributed by atoms with Crippen molar-refractivity contribution in [2.75, 3.05) is 6.54 Å². The Morgan fingerprint density at radius 3 is 2.36 bits per heavy atom. The molecule has 2 fully saturated rings. The highest BCUT2D eigenvalue weighted by Gasteiger charge is 2.30. The molecule has 3 N–H and O–H groups in total. The number of hydrogen-bond acceptors (Lipinski definition) is 2. The van der Waals surface area contributed by atoms with Crippen molar-refractivity contribution < 1.29 is 4.79 Å². The fourth-order valence-corrected chi connectivity index (χ4v) is 2.88. The van der Waals surface area contributed by atoms with E-state index in [1.54, 1.807) is 0 Å². The van der Waals surface area contributed by atoms with E-state index in [9.17, 15) is 4.79 Å². The topological polar surface area (TPSA) is 55.1 Å². The number of hydrogen-bond donors (Lipinski definition) is 2. The average Bonchev–Trinajstić information content (AvgIpc) is 2.71. The van der Waals surface area contributed by atoms with Gasteiger partial charge in [0.25, 0.3) is 0 Å². The summed E-state index contributed by atoms with van der Waals surface area (Å²) in [5.41, 5.74) is 5.29. The minimum absolute atomic E-state index is 0.0765. The van der Waals surface area contributed by atoms with Gasteiger partial charge in [0.15, 0.2) is 0 Å². The van der Waals surface area contributed by atoms with Crippen LogP contribution in [0.25, 0.3) is 0 Å². The van der Waals surface area contributed by atoms with E-state index in [1.807, 2.05) is 0 Å². The van der Waals surface area contributed by atoms with Gasteiger partial charge in [0.2, 0.25) is 5.91 Å². The van der Waals surface area contributed by atoms with Gasteiger partial charge in [0.1, 0.15) is 0 Å². The van der Waals surface area contributed by atoms with Gasteiger partial charge in [0, 0.05) is 12.6 Å². The van der Waals surface area contributed by atoms with Gasteiger partial charge in [-0.3, -0.25) is 4.79 Å². The summed E-state index contributed by atoms with van der Waals surface area (Å²) < 4.78 is 0. The second-order valence-corrected chi connectivity index (χ2v) is 4.74. The van der Waals surface area contributed by atoms with E-state index in [0.29, 0.717) is 6.04 Å². The molecular formula is C11H20N2O. The van der Waals surface area contributed by atoms with E-state index in [0.717, 1.165) is 25.3 Å². The van der Waals surface area contributed by atoms with Gasteiger partial charge >= 0.3 is 0 Å². The summed E-state index contributed by atoms with van der Waals surface area (Å²) in [7, 11) is 0. The van der Waals surface area contributed by atoms with Crippen LogP contribution in [0.5, 0.6) is 0 Å². The molecule has 3 nitrogen and oxygen atoms in total. The summed E-state index contributed by atoms with van der Waals surface area (Å²) in [5, 5.41) is 3.49. The number of carbonyl (C=O) groups is 1. The molecule has 2 rings (SSSR count). The minimum atomic E-state index is -0.137. The fraction of sp³-hybridized carbons (Fsp3) is 0.909. The summed E-state index contributed by atoms with van der Waals surface area (Å²) in [6.07, 6.45) is 7.66. The first-order valence-electron chi connectivity index (χ1n) is 5.80. The van der Waals surface area contributed by atoms with Crippen LogP contribution in [0.1, 0.15) is 38.5 Å². The molecule has 0 spiro atoms. The molecular weight excluding hydrogens is 176 g/mol. The molecule has 1 aliphatic carbocycles. The quantitative estimate of drug-likeness (QED) is 0.693. The first-order valence-corrected chi connectivity index (χ1v) is 5.80. The summed E-state index contributed by atoms with van der Waals surface area (Å²) in [4.78, 5) is 11.0. The lowest BCUT2D eigenvalue weighted by molar-refractivity contribution is -0.122. The Hall–Kier alpha value is -0.570. The van der Waals surface area contributed by atoms with Crippen molar-refractivity contribution in [3.05, 3.63) is 0 Å². The van der Waals surface area contributed by atoms with E-state index in [4.69, 9.17) is 5.73 Å². The van der Waals surface area contributed by atoms with Crippen molar-refractivity contribution >= 4 is 5.91 Å². The maximum Gasteiger partial charge on any atom is 0.221 e. The largest absolute Gasteiger partial charge is 0.369 e. The zero-order valence-corrected chi connectivity index (χ0v) is 8.67. The molecule has 2 unspecified atom stereocenters. The number of carbonyl (C=O) groups excluding carboxylic acids is 1. The van der Waals surface area contributed by atoms with E-state index in [2.05, 4.69) is 5.32 Å². The van der Waals surface area contributed by atoms with Crippen molar-refractivity contribution in [2.24, 2.45) is 17.6 Å². The normalized spacial score (nSPS) is 34.6. The first-order chi connectivity index (χ1) is 6.77. The Morgan fingerprint density at radius 2 is 1.86 bits per heavy atom. The molecule has 0 radical (unpaired) electrons. The monoisotopic (exact) mass is 196 g/mol. The molecule has 80 valence electrons. The van der Waals surface area contributed by atoms with Gasteiger partial charge in [-0.25, -0.2) is 0 Å². The molecule has 0 bridgehead atoms. The summed E-state index contributed by atoms with van der Waals surface area (Å²) in [6.45, 7) is 0.802. The van der Waals surface area contributed by atoms with E-state index >= 15 is 0 Å². The highest BCUT2D eigenvalue weighted by atomic mass is 16.1. The molecule has 3 heteroatoms. The molecule has 1 aliphatic heterocycles. The Labute approximate surface area is 85.4 Å². The molecule has 0 aromatic heterocycles. The van der Waals surface area contributed by atoms with Crippen LogP contribution in [-0.2, 0) is 4.79 Å². The molecule has 0 aromatic carbocycles. The maximum atomic E-state index is 11.0. The summed E-state index contributed by atoms with van der Waals surface area (Å²) >= 11 is 0. The van der Waals surface area contributed by atoms with Gasteiger partial charge in [-0.2, -0.15) is 0 Å². The fourth-order valence-electron chi connectivity index (χ4n) is 2.88. The van der Waals surface area contributed by atoms with Crippen molar-refractivity contribution in [1.82, 2.24) is 5.32 Å². The van der Waals surface area contributed by atoms with Crippen molar-refractivity contribution in [2.45, 2.75) is 44.6 Å². The van der Waals surface area contributed by atoms with E-state index < -0.39 is 0 Å². The van der Waals surface area contributed by atoms with Gasteiger partial charge in [0.05, 0.1) is 5.92 Å². The third-order valence-corrected chi connectivity index (χ3v) is 3.82. The Morgan fingerprint density at radius 1 is 1.14 bits per heavy atom. The van der Waals surface area contributed by atoms with E-state index in [1.165, 1.54) is 25.7 Å². The first kappa shape index (κ1) is 9.97. The van der Waals surface area contributed by atoms with Crippen LogP contribution in [0.2, 0.25) is 0 Å². The highest BCUT2D eigenvalue weighted by Crippen LogP contribution is 2.31. The highest BCUT2D eigenvalue weighted by molar-refractivity contribution is 5.76. The molecule has 1 saturated carbocycles. The van der Waals surface area contributed by atoms with Crippen LogP contribution < -0.4 is 11.1 Å². The Balaban J connectivity index is 1.80. The standard InChI is InChI=1S/C11H20N2O/c12-11(14)9-5-6-10(13-7-9)8-3-1-2-4-8/h8-10,13H,1-7H2,(H2,12,14). The predicted molar refractivity (Wildman–Crippen MR) is 55.7 cm³/mol. The van der Waals surface area contributed by atoms with Crippen LogP contribution in [0.3, 0.4) is 0 Å². The zero-order valence-electron chi connectivity index (χ0n) is 8.67. The van der Waals surface area contributed by atoms with Crippen molar-refractivity contribution in [3.8, 4) is 0 Å². The summed E-state index contributed by atoms with van der Waals surface area (Å²) in [6, 6.07) is 0.660. The molecule has 1 amide bonds. The number of nitrogens with one attached hydrogen (secondary N) is 1. The molecule has 2 aliphatic rings. The third-order valence-electron chi connectivity index (χ3n) is 3.82. The number of piperidine rings is 1. The Bertz CT molecular complexity index is 203. The van der Waals surface area contributed by atoms with Crippen LogP contribution >= 0.6 is 0 Å². The third kappa shape index (κ3) is 2.08. The zero-order chi connectivity index (χ0) is 9.97. The molecule has 0 aromatic rings. The van der Waals surface area contributed by atoms with Gasteiger partial charge < -0.3 is 11.1 Å². The number of amides is 1. The predicted octanol–water partition coefficient (Wildman–Crippen LogP) is 1.03. The second-order valence-electron chi connectivity index (χ2n) is 4.74. The SMILES string of the molecule is NC(=O)C1CCC(C2CCCC2)NC1. The lowest BCUT2D eigenvalue weighted by atomic mass is 9.86. The van der Waals surface area contributed by atoms with E-state index in [-0.39, 0.29) is 11.8 Å². The maximum absolute atomic E-state index is 11.0. The van der Waals surface area contributed by atoms with Gasteiger partial charge in [-0.1, -0.05) is 12.8 Å². The lowest BCUT2D eigenvalue weighted by Crippen LogP contribution is -2.46. The number of rotatable bonds is 2. The lowest BCUT2D eigenvalue weighted by Gasteiger charge is -2.32. The Kier molecular flexibility index (Phi) is 3.06. The number of nitrogens with two attached hydrogens (primary N) is 1. The van der Waals surface area contributed by atoms with Crippen LogP contribution in [0.15, 0.2) is 0 Å². The molecule has 2 atom stereocenters. The van der Waals surface area contributed by atoms with Crippen LogP contribution in [-0.4, -0.2) is 18.5 Å². The van der Waals surface area contributed by atoms with Gasteiger partial charge in [-0.05, 0) is 31.6 Å². The van der Waals surface area contributed by atoms with Crippen molar-refractivity contribution in [1.29, 1.82) is 0 Å². The minimum Gasteiger partial charge on any atom is -0.369 e. The van der Waals surface area contributed by atoms with Gasteiger partial charge in [-0.15, -0.1) is 0 Å². The van der Waals surface area contributed by atoms with Crippen molar-refractivity contribution in [3.63, 3.8) is 0 Å².